The van der Waals surface area contributed by atoms with Crippen LogP contribution in [0.15, 0.2) is 28.8 Å². The predicted molar refractivity (Wildman–Crippen MR) is 69.9 cm³/mol. The fourth-order valence-electron chi connectivity index (χ4n) is 2.05. The molecule has 2 heterocycles. The van der Waals surface area contributed by atoms with Crippen LogP contribution < -0.4 is 10.6 Å². The summed E-state index contributed by atoms with van der Waals surface area (Å²) in [7, 11) is 0. The lowest BCUT2D eigenvalue weighted by molar-refractivity contribution is -0.124. The van der Waals surface area contributed by atoms with Crippen LogP contribution in [0.5, 0.6) is 5.75 Å². The molecule has 20 heavy (non-hydrogen) atoms. The van der Waals surface area contributed by atoms with E-state index in [1.54, 1.807) is 24.3 Å². The van der Waals surface area contributed by atoms with Crippen molar-refractivity contribution >= 4 is 5.91 Å². The van der Waals surface area contributed by atoms with Crippen LogP contribution in [0.4, 0.5) is 0 Å². The molecule has 1 aliphatic heterocycles. The summed E-state index contributed by atoms with van der Waals surface area (Å²) in [5.74, 6) is 0.972. The van der Waals surface area contributed by atoms with E-state index >= 15 is 0 Å². The molecule has 3 N–H and O–H groups in total. The maximum Gasteiger partial charge on any atom is 0.237 e. The third-order valence-corrected chi connectivity index (χ3v) is 3.10. The Morgan fingerprint density at radius 1 is 1.30 bits per heavy atom. The van der Waals surface area contributed by atoms with E-state index in [1.165, 1.54) is 0 Å². The van der Waals surface area contributed by atoms with Gasteiger partial charge >= 0.3 is 0 Å². The van der Waals surface area contributed by atoms with E-state index in [0.29, 0.717) is 24.7 Å². The van der Waals surface area contributed by atoms with Gasteiger partial charge < -0.3 is 20.3 Å². The van der Waals surface area contributed by atoms with Gasteiger partial charge in [-0.15, -0.1) is 0 Å². The van der Waals surface area contributed by atoms with E-state index in [1.807, 2.05) is 0 Å². The summed E-state index contributed by atoms with van der Waals surface area (Å²) in [4.78, 5) is 15.9. The van der Waals surface area contributed by atoms with Crippen LogP contribution in [0.1, 0.15) is 5.89 Å². The van der Waals surface area contributed by atoms with Gasteiger partial charge in [-0.1, -0.05) is 5.16 Å². The number of hydrogen-bond acceptors (Lipinski definition) is 6. The average Bonchev–Trinajstić information content (AvgIpc) is 2.91. The van der Waals surface area contributed by atoms with E-state index in [4.69, 9.17) is 4.52 Å². The van der Waals surface area contributed by atoms with Gasteiger partial charge in [0.2, 0.25) is 17.6 Å². The number of carbonyl (C=O) groups is 1. The predicted octanol–water partition coefficient (Wildman–Crippen LogP) is 0.0727. The number of phenols is 1. The first-order chi connectivity index (χ1) is 9.72. The summed E-state index contributed by atoms with van der Waals surface area (Å²) in [5.41, 5.74) is 0.749. The van der Waals surface area contributed by atoms with E-state index < -0.39 is 0 Å². The molecule has 1 aromatic carbocycles. The number of rotatable bonds is 3. The van der Waals surface area contributed by atoms with Crippen molar-refractivity contribution in [1.82, 2.24) is 20.8 Å². The number of hydrogen-bond donors (Lipinski definition) is 3. The molecular weight excluding hydrogens is 260 g/mol. The van der Waals surface area contributed by atoms with E-state index in [9.17, 15) is 9.90 Å². The molecule has 1 aromatic heterocycles. The second kappa shape index (κ2) is 5.30. The normalized spacial score (nSPS) is 18.8. The van der Waals surface area contributed by atoms with Crippen LogP contribution in [-0.2, 0) is 11.2 Å². The molecule has 1 amide bonds. The number of nitrogens with one attached hydrogen (secondary N) is 2. The number of piperazine rings is 1. The molecule has 3 rings (SSSR count). The molecule has 0 spiro atoms. The van der Waals surface area contributed by atoms with Gasteiger partial charge in [-0.2, -0.15) is 4.98 Å². The molecular formula is C13H14N4O3. The van der Waals surface area contributed by atoms with Crippen molar-refractivity contribution in [1.29, 1.82) is 0 Å². The number of carbonyl (C=O) groups excluding carboxylic acids is 1. The van der Waals surface area contributed by atoms with Crippen molar-refractivity contribution in [2.24, 2.45) is 0 Å². The zero-order valence-electron chi connectivity index (χ0n) is 10.7. The monoisotopic (exact) mass is 274 g/mol. The Balaban J connectivity index is 1.73. The number of phenolic OH excluding ortho intramolecular Hbond substituents is 1. The lowest BCUT2D eigenvalue weighted by Crippen LogP contribution is -2.53. The zero-order valence-corrected chi connectivity index (χ0v) is 10.7. The minimum atomic E-state index is -0.336. The van der Waals surface area contributed by atoms with E-state index in [0.717, 1.165) is 12.1 Å². The van der Waals surface area contributed by atoms with Crippen LogP contribution in [0, 0.1) is 0 Å². The molecule has 1 aliphatic rings. The maximum atomic E-state index is 11.6. The second-order valence-electron chi connectivity index (χ2n) is 4.56. The van der Waals surface area contributed by atoms with Crippen molar-refractivity contribution in [2.75, 3.05) is 13.1 Å². The third kappa shape index (κ3) is 2.62. The first-order valence-electron chi connectivity index (χ1n) is 6.35. The van der Waals surface area contributed by atoms with Gasteiger partial charge in [0.25, 0.3) is 0 Å². The summed E-state index contributed by atoms with van der Waals surface area (Å²) >= 11 is 0. The summed E-state index contributed by atoms with van der Waals surface area (Å²) in [6.45, 7) is 1.37. The number of aromatic nitrogens is 2. The van der Waals surface area contributed by atoms with Crippen molar-refractivity contribution in [3.05, 3.63) is 30.2 Å². The summed E-state index contributed by atoms with van der Waals surface area (Å²) < 4.78 is 5.16. The lowest BCUT2D eigenvalue weighted by atomic mass is 10.1. The van der Waals surface area contributed by atoms with Crippen molar-refractivity contribution in [3.63, 3.8) is 0 Å². The third-order valence-electron chi connectivity index (χ3n) is 3.10. The molecule has 0 radical (unpaired) electrons. The molecule has 0 saturated carbocycles. The molecule has 2 aromatic rings. The molecule has 1 fully saturated rings. The minimum absolute atomic E-state index is 0.0550. The number of nitrogens with zero attached hydrogens (tertiary/aromatic N) is 2. The van der Waals surface area contributed by atoms with Gasteiger partial charge in [0, 0.05) is 18.7 Å². The molecule has 1 atom stereocenters. The Bertz CT molecular complexity index is 608. The highest BCUT2D eigenvalue weighted by Crippen LogP contribution is 2.19. The van der Waals surface area contributed by atoms with Crippen LogP contribution in [0.25, 0.3) is 11.4 Å². The van der Waals surface area contributed by atoms with E-state index in [2.05, 4.69) is 20.8 Å². The first-order valence-corrected chi connectivity index (χ1v) is 6.35. The standard InChI is InChI=1S/C13H14N4O3/c18-9-3-1-8(2-4-9)12-16-11(20-17-12)7-10-13(19)15-6-5-14-10/h1-4,10,14,18H,5-7H2,(H,15,19). The summed E-state index contributed by atoms with van der Waals surface area (Å²) in [6.07, 6.45) is 0.358. The first kappa shape index (κ1) is 12.6. The van der Waals surface area contributed by atoms with Gasteiger partial charge in [0.15, 0.2) is 0 Å². The molecule has 1 unspecified atom stereocenters. The Kier molecular flexibility index (Phi) is 3.34. The smallest absolute Gasteiger partial charge is 0.237 e. The van der Waals surface area contributed by atoms with Crippen molar-refractivity contribution in [2.45, 2.75) is 12.5 Å². The largest absolute Gasteiger partial charge is 0.508 e. The van der Waals surface area contributed by atoms with Crippen LogP contribution in [-0.4, -0.2) is 40.3 Å². The molecule has 0 aliphatic carbocycles. The highest BCUT2D eigenvalue weighted by atomic mass is 16.5. The van der Waals surface area contributed by atoms with Crippen molar-refractivity contribution < 1.29 is 14.4 Å². The van der Waals surface area contributed by atoms with Crippen LogP contribution in [0.3, 0.4) is 0 Å². The minimum Gasteiger partial charge on any atom is -0.508 e. The highest BCUT2D eigenvalue weighted by molar-refractivity contribution is 5.82. The maximum absolute atomic E-state index is 11.6. The van der Waals surface area contributed by atoms with Gasteiger partial charge in [0.05, 0.1) is 12.5 Å². The Morgan fingerprint density at radius 2 is 2.10 bits per heavy atom. The zero-order chi connectivity index (χ0) is 13.9. The molecule has 7 nitrogen and oxygen atoms in total. The van der Waals surface area contributed by atoms with E-state index in [-0.39, 0.29) is 17.7 Å². The summed E-state index contributed by atoms with van der Waals surface area (Å²) in [5, 5.41) is 19.0. The van der Waals surface area contributed by atoms with Crippen molar-refractivity contribution in [3.8, 4) is 17.1 Å². The molecule has 1 saturated heterocycles. The fraction of sp³-hybridized carbons (Fsp3) is 0.308. The quantitative estimate of drug-likeness (QED) is 0.732. The van der Waals surface area contributed by atoms with Crippen LogP contribution >= 0.6 is 0 Å². The van der Waals surface area contributed by atoms with Gasteiger partial charge in [0.1, 0.15) is 5.75 Å². The van der Waals surface area contributed by atoms with Gasteiger partial charge in [-0.3, -0.25) is 4.79 Å². The topological polar surface area (TPSA) is 100 Å². The number of benzene rings is 1. The Hall–Kier alpha value is -2.41. The van der Waals surface area contributed by atoms with Gasteiger partial charge in [-0.05, 0) is 24.3 Å². The number of amides is 1. The molecule has 7 heteroatoms. The molecule has 104 valence electrons. The van der Waals surface area contributed by atoms with Crippen LogP contribution in [0.2, 0.25) is 0 Å². The Morgan fingerprint density at radius 3 is 2.85 bits per heavy atom. The average molecular weight is 274 g/mol. The number of aromatic hydroxyl groups is 1. The molecule has 0 bridgehead atoms. The lowest BCUT2D eigenvalue weighted by Gasteiger charge is -2.21. The van der Waals surface area contributed by atoms with Gasteiger partial charge in [-0.25, -0.2) is 0 Å². The SMILES string of the molecule is O=C1NCCNC1Cc1nc(-c2ccc(O)cc2)no1. The summed E-state index contributed by atoms with van der Waals surface area (Å²) in [6, 6.07) is 6.19. The Labute approximate surface area is 115 Å². The fourth-order valence-corrected chi connectivity index (χ4v) is 2.05. The highest BCUT2D eigenvalue weighted by Gasteiger charge is 2.24. The second-order valence-corrected chi connectivity index (χ2v) is 4.56.